The van der Waals surface area contributed by atoms with Crippen LogP contribution < -0.4 is 5.32 Å². The lowest BCUT2D eigenvalue weighted by Crippen LogP contribution is -2.59. The number of ether oxygens (including phenoxy) is 1. The fraction of sp³-hybridized carbons (Fsp3) is 0.542. The zero-order valence-electron chi connectivity index (χ0n) is 16.6. The molecule has 2 aromatic rings. The van der Waals surface area contributed by atoms with Crippen LogP contribution >= 0.6 is 0 Å². The van der Waals surface area contributed by atoms with Gasteiger partial charge in [-0.05, 0) is 53.6 Å². The first-order chi connectivity index (χ1) is 13.8. The van der Waals surface area contributed by atoms with Crippen LogP contribution in [0.1, 0.15) is 53.6 Å². The van der Waals surface area contributed by atoms with Crippen LogP contribution in [0.25, 0.3) is 10.8 Å². The molecule has 5 rings (SSSR count). The van der Waals surface area contributed by atoms with E-state index in [-0.39, 0.29) is 11.4 Å². The molecule has 0 aromatic heterocycles. The predicted octanol–water partition coefficient (Wildman–Crippen LogP) is 3.70. The number of hydrogen-bond donors (Lipinski definition) is 1. The third-order valence-electron chi connectivity index (χ3n) is 7.17. The molecule has 1 aliphatic heterocycles. The molecule has 148 valence electrons. The minimum atomic E-state index is 0.0776. The first kappa shape index (κ1) is 18.1. The van der Waals surface area contributed by atoms with Crippen LogP contribution in [0, 0.1) is 0 Å². The molecule has 1 amide bonds. The van der Waals surface area contributed by atoms with Crippen molar-refractivity contribution in [2.75, 3.05) is 32.8 Å². The number of carbonyl (C=O) groups excluding carboxylic acids is 1. The van der Waals surface area contributed by atoms with Gasteiger partial charge in [0, 0.05) is 30.7 Å². The number of nitrogens with one attached hydrogen (secondary N) is 1. The highest BCUT2D eigenvalue weighted by atomic mass is 16.5. The van der Waals surface area contributed by atoms with E-state index in [0.29, 0.717) is 0 Å². The van der Waals surface area contributed by atoms with Crippen molar-refractivity contribution in [2.45, 2.75) is 50.5 Å². The van der Waals surface area contributed by atoms with Crippen molar-refractivity contribution in [1.29, 1.82) is 0 Å². The van der Waals surface area contributed by atoms with Crippen molar-refractivity contribution in [3.8, 4) is 0 Å². The van der Waals surface area contributed by atoms with E-state index in [1.54, 1.807) is 0 Å². The second-order valence-corrected chi connectivity index (χ2v) is 8.68. The Labute approximate surface area is 167 Å². The zero-order chi connectivity index (χ0) is 19.0. The van der Waals surface area contributed by atoms with E-state index in [1.807, 2.05) is 6.07 Å². The number of hydrogen-bond acceptors (Lipinski definition) is 3. The zero-order valence-corrected chi connectivity index (χ0v) is 16.6. The number of benzene rings is 2. The first-order valence-corrected chi connectivity index (χ1v) is 10.9. The third-order valence-corrected chi connectivity index (χ3v) is 7.17. The number of rotatable bonds is 4. The Bertz CT molecular complexity index is 869. The van der Waals surface area contributed by atoms with Crippen LogP contribution in [-0.2, 0) is 17.6 Å². The van der Waals surface area contributed by atoms with Gasteiger partial charge in [-0.2, -0.15) is 0 Å². The van der Waals surface area contributed by atoms with Crippen molar-refractivity contribution in [1.82, 2.24) is 10.2 Å². The fourth-order valence-electron chi connectivity index (χ4n) is 5.64. The molecule has 0 bridgehead atoms. The lowest BCUT2D eigenvalue weighted by Gasteiger charge is -2.48. The number of carbonyl (C=O) groups is 1. The van der Waals surface area contributed by atoms with Gasteiger partial charge in [0.05, 0.1) is 13.2 Å². The summed E-state index contributed by atoms with van der Waals surface area (Å²) in [6.07, 6.45) is 8.38. The minimum Gasteiger partial charge on any atom is -0.379 e. The van der Waals surface area contributed by atoms with Crippen LogP contribution in [0.15, 0.2) is 30.3 Å². The third kappa shape index (κ3) is 3.13. The summed E-state index contributed by atoms with van der Waals surface area (Å²) in [4.78, 5) is 15.8. The van der Waals surface area contributed by atoms with Gasteiger partial charge in [0.1, 0.15) is 0 Å². The monoisotopic (exact) mass is 378 g/mol. The van der Waals surface area contributed by atoms with Crippen LogP contribution in [0.2, 0.25) is 0 Å². The average Bonchev–Trinajstić information content (AvgIpc) is 3.19. The Morgan fingerprint density at radius 1 is 1.00 bits per heavy atom. The summed E-state index contributed by atoms with van der Waals surface area (Å²) in [6.45, 7) is 4.33. The Morgan fingerprint density at radius 3 is 2.54 bits per heavy atom. The van der Waals surface area contributed by atoms with E-state index in [9.17, 15) is 4.79 Å². The van der Waals surface area contributed by atoms with Crippen molar-refractivity contribution in [3.05, 3.63) is 47.0 Å². The molecule has 1 heterocycles. The molecule has 0 spiro atoms. The van der Waals surface area contributed by atoms with E-state index in [2.05, 4.69) is 34.5 Å². The fourth-order valence-corrected chi connectivity index (χ4v) is 5.64. The standard InChI is InChI=1S/C24H30N2O2/c27-23(21-10-9-19-8-7-18-5-4-6-20(21)22(18)19)25-17-24(11-2-1-3-12-24)26-13-15-28-16-14-26/h4-6,9-10H,1-3,7-8,11-17H2,(H,25,27). The molecule has 4 nitrogen and oxygen atoms in total. The molecule has 28 heavy (non-hydrogen) atoms. The molecule has 2 aliphatic carbocycles. The largest absolute Gasteiger partial charge is 0.379 e. The summed E-state index contributed by atoms with van der Waals surface area (Å²) >= 11 is 0. The number of morpholine rings is 1. The molecule has 0 atom stereocenters. The lowest BCUT2D eigenvalue weighted by molar-refractivity contribution is -0.0361. The summed E-state index contributed by atoms with van der Waals surface area (Å²) in [5.41, 5.74) is 3.71. The molecule has 4 heteroatoms. The van der Waals surface area contributed by atoms with Crippen LogP contribution in [0.5, 0.6) is 0 Å². The second-order valence-electron chi connectivity index (χ2n) is 8.68. The molecule has 1 N–H and O–H groups in total. The normalized spacial score (nSPS) is 21.7. The van der Waals surface area contributed by atoms with Gasteiger partial charge in [0.15, 0.2) is 0 Å². The average molecular weight is 379 g/mol. The minimum absolute atomic E-state index is 0.0776. The highest BCUT2D eigenvalue weighted by molar-refractivity contribution is 6.09. The van der Waals surface area contributed by atoms with Gasteiger partial charge in [-0.25, -0.2) is 0 Å². The summed E-state index contributed by atoms with van der Waals surface area (Å²) in [5, 5.41) is 5.77. The topological polar surface area (TPSA) is 41.6 Å². The Hall–Kier alpha value is -1.91. The summed E-state index contributed by atoms with van der Waals surface area (Å²) in [6, 6.07) is 10.6. The molecular formula is C24H30N2O2. The molecule has 0 radical (unpaired) electrons. The summed E-state index contributed by atoms with van der Waals surface area (Å²) in [5.74, 6) is 0.0776. The maximum absolute atomic E-state index is 13.2. The smallest absolute Gasteiger partial charge is 0.251 e. The van der Waals surface area contributed by atoms with Gasteiger partial charge in [-0.1, -0.05) is 43.5 Å². The van der Waals surface area contributed by atoms with Crippen molar-refractivity contribution >= 4 is 16.7 Å². The first-order valence-electron chi connectivity index (χ1n) is 10.9. The predicted molar refractivity (Wildman–Crippen MR) is 112 cm³/mol. The van der Waals surface area contributed by atoms with E-state index >= 15 is 0 Å². The highest BCUT2D eigenvalue weighted by Crippen LogP contribution is 2.35. The molecule has 1 saturated heterocycles. The molecule has 0 unspecified atom stereocenters. The van der Waals surface area contributed by atoms with Crippen molar-refractivity contribution in [2.24, 2.45) is 0 Å². The van der Waals surface area contributed by atoms with E-state index in [4.69, 9.17) is 4.74 Å². The van der Waals surface area contributed by atoms with Gasteiger partial charge in [-0.3, -0.25) is 9.69 Å². The molecule has 1 saturated carbocycles. The second kappa shape index (κ2) is 7.49. The Balaban J connectivity index is 1.38. The maximum Gasteiger partial charge on any atom is 0.251 e. The van der Waals surface area contributed by atoms with E-state index < -0.39 is 0 Å². The Kier molecular flexibility index (Phi) is 4.85. The summed E-state index contributed by atoms with van der Waals surface area (Å²) in [7, 11) is 0. The van der Waals surface area contributed by atoms with Gasteiger partial charge in [0.2, 0.25) is 0 Å². The molecule has 2 fully saturated rings. The van der Waals surface area contributed by atoms with Crippen molar-refractivity contribution in [3.63, 3.8) is 0 Å². The van der Waals surface area contributed by atoms with Gasteiger partial charge >= 0.3 is 0 Å². The van der Waals surface area contributed by atoms with E-state index in [0.717, 1.165) is 56.6 Å². The lowest BCUT2D eigenvalue weighted by atomic mass is 9.79. The highest BCUT2D eigenvalue weighted by Gasteiger charge is 2.39. The van der Waals surface area contributed by atoms with Crippen LogP contribution in [-0.4, -0.2) is 49.2 Å². The SMILES string of the molecule is O=C(NCC1(N2CCOCC2)CCCCC1)c1ccc2c3c(cccc13)CC2. The Morgan fingerprint density at radius 2 is 1.75 bits per heavy atom. The molecule has 3 aliphatic rings. The number of nitrogens with zero attached hydrogens (tertiary/aromatic N) is 1. The number of aryl methyl sites for hydroxylation is 2. The van der Waals surface area contributed by atoms with Crippen LogP contribution in [0.3, 0.4) is 0 Å². The van der Waals surface area contributed by atoms with Gasteiger partial charge < -0.3 is 10.1 Å². The molecular weight excluding hydrogens is 348 g/mol. The van der Waals surface area contributed by atoms with Crippen LogP contribution in [0.4, 0.5) is 0 Å². The number of amides is 1. The van der Waals surface area contributed by atoms with E-state index in [1.165, 1.54) is 48.6 Å². The van der Waals surface area contributed by atoms with Crippen molar-refractivity contribution < 1.29 is 9.53 Å². The van der Waals surface area contributed by atoms with Gasteiger partial charge in [-0.15, -0.1) is 0 Å². The summed E-state index contributed by atoms with van der Waals surface area (Å²) < 4.78 is 5.58. The maximum atomic E-state index is 13.2. The molecule has 2 aromatic carbocycles. The quantitative estimate of drug-likeness (QED) is 0.882. The van der Waals surface area contributed by atoms with Gasteiger partial charge in [0.25, 0.3) is 5.91 Å².